The van der Waals surface area contributed by atoms with E-state index in [0.29, 0.717) is 5.69 Å². The molecule has 4 N–H and O–H groups in total. The molecule has 0 aliphatic heterocycles. The van der Waals surface area contributed by atoms with Gasteiger partial charge in [0.05, 0.1) is 11.4 Å². The molecule has 0 aliphatic carbocycles. The number of nitrogens with two attached hydrogens (primary N) is 1. The third-order valence-electron chi connectivity index (χ3n) is 2.39. The van der Waals surface area contributed by atoms with Crippen LogP contribution in [0.25, 0.3) is 0 Å². The van der Waals surface area contributed by atoms with Crippen LogP contribution in [0.3, 0.4) is 0 Å². The summed E-state index contributed by atoms with van der Waals surface area (Å²) < 4.78 is 26.5. The Labute approximate surface area is 109 Å². The molecule has 2 aromatic heterocycles. The van der Waals surface area contributed by atoms with Crippen molar-refractivity contribution in [2.75, 3.05) is 10.5 Å². The molecule has 0 bridgehead atoms. The quantitative estimate of drug-likeness (QED) is 0.741. The minimum Gasteiger partial charge on any atom is -0.394 e. The molecule has 2 rings (SSSR count). The van der Waals surface area contributed by atoms with Crippen LogP contribution < -0.4 is 10.5 Å². The van der Waals surface area contributed by atoms with Gasteiger partial charge in [-0.3, -0.25) is 9.82 Å². The van der Waals surface area contributed by atoms with Gasteiger partial charge in [-0.15, -0.1) is 0 Å². The number of sulfonamides is 1. The summed E-state index contributed by atoms with van der Waals surface area (Å²) in [4.78, 5) is 3.47. The summed E-state index contributed by atoms with van der Waals surface area (Å²) in [5.74, 6) is -0.00903. The molecular weight excluding hydrogens is 268 g/mol. The van der Waals surface area contributed by atoms with Gasteiger partial charge in [-0.2, -0.15) is 10.4 Å². The Kier molecular flexibility index (Phi) is 3.10. The fraction of sp³-hybridized carbons (Fsp3) is 0.100. The predicted molar refractivity (Wildman–Crippen MR) is 67.5 cm³/mol. The first-order valence-electron chi connectivity index (χ1n) is 5.14. The molecule has 8 nitrogen and oxygen atoms in total. The number of aryl methyl sites for hydroxylation is 1. The zero-order chi connectivity index (χ0) is 14.0. The number of hydrogen-bond acceptors (Lipinski definition) is 6. The third kappa shape index (κ3) is 2.34. The van der Waals surface area contributed by atoms with Crippen molar-refractivity contribution >= 4 is 21.5 Å². The van der Waals surface area contributed by atoms with Crippen LogP contribution in [0.4, 0.5) is 11.5 Å². The first-order valence-corrected chi connectivity index (χ1v) is 6.62. The molecular formula is C10H10N6O2S. The maximum Gasteiger partial charge on any atom is 0.266 e. The Morgan fingerprint density at radius 1 is 1.53 bits per heavy atom. The number of nitrogen functional groups attached to an aromatic ring is 1. The van der Waals surface area contributed by atoms with Gasteiger partial charge in [0.2, 0.25) is 0 Å². The normalized spacial score (nSPS) is 10.9. The zero-order valence-corrected chi connectivity index (χ0v) is 10.7. The summed E-state index contributed by atoms with van der Waals surface area (Å²) in [7, 11) is -3.96. The van der Waals surface area contributed by atoms with Crippen LogP contribution in [0.15, 0.2) is 23.2 Å². The van der Waals surface area contributed by atoms with Crippen LogP contribution in [0.2, 0.25) is 0 Å². The zero-order valence-electron chi connectivity index (χ0n) is 9.88. The molecule has 2 heterocycles. The topological polar surface area (TPSA) is 138 Å². The van der Waals surface area contributed by atoms with Crippen molar-refractivity contribution in [2.45, 2.75) is 11.8 Å². The van der Waals surface area contributed by atoms with E-state index in [-0.39, 0.29) is 22.1 Å². The molecule has 0 aromatic carbocycles. The van der Waals surface area contributed by atoms with Crippen molar-refractivity contribution in [2.24, 2.45) is 0 Å². The molecule has 9 heteroatoms. The minimum atomic E-state index is -3.96. The lowest BCUT2D eigenvalue weighted by Crippen LogP contribution is -2.16. The number of nitrogens with zero attached hydrogens (tertiary/aromatic N) is 3. The van der Waals surface area contributed by atoms with Gasteiger partial charge in [-0.05, 0) is 19.1 Å². The summed E-state index contributed by atoms with van der Waals surface area (Å²) in [6, 6.07) is 4.42. The van der Waals surface area contributed by atoms with Crippen molar-refractivity contribution in [3.05, 3.63) is 29.7 Å². The van der Waals surface area contributed by atoms with E-state index in [0.717, 1.165) is 0 Å². The average molecular weight is 278 g/mol. The van der Waals surface area contributed by atoms with Crippen LogP contribution in [-0.4, -0.2) is 23.6 Å². The Bertz CT molecular complexity index is 759. The number of pyridine rings is 1. The molecule has 0 fully saturated rings. The van der Waals surface area contributed by atoms with Gasteiger partial charge in [0.15, 0.2) is 11.5 Å². The number of hydrogen-bond donors (Lipinski definition) is 3. The standard InChI is InChI=1S/C10H10N6O2S/c1-6-9(12)10(15-14-6)16-19(17,18)8-3-2-4-13-7(8)5-11/h2-4H,12H2,1H3,(H2,14,15,16). The number of aromatic amines is 1. The van der Waals surface area contributed by atoms with E-state index in [4.69, 9.17) is 11.0 Å². The number of aromatic nitrogens is 3. The minimum absolute atomic E-state index is 0.00903. The lowest BCUT2D eigenvalue weighted by molar-refractivity contribution is 0.600. The smallest absolute Gasteiger partial charge is 0.266 e. The lowest BCUT2D eigenvalue weighted by Gasteiger charge is -2.06. The van der Waals surface area contributed by atoms with Crippen molar-refractivity contribution < 1.29 is 8.42 Å². The van der Waals surface area contributed by atoms with E-state index in [9.17, 15) is 8.42 Å². The van der Waals surface area contributed by atoms with Crippen LogP contribution >= 0.6 is 0 Å². The molecule has 19 heavy (non-hydrogen) atoms. The predicted octanol–water partition coefficient (Wildman–Crippen LogP) is 0.368. The van der Waals surface area contributed by atoms with Crippen molar-refractivity contribution in [1.29, 1.82) is 5.26 Å². The van der Waals surface area contributed by atoms with Crippen LogP contribution in [-0.2, 0) is 10.0 Å². The molecule has 0 unspecified atom stereocenters. The second-order valence-electron chi connectivity index (χ2n) is 3.68. The average Bonchev–Trinajstić information content (AvgIpc) is 2.70. The summed E-state index contributed by atoms with van der Waals surface area (Å²) in [6.45, 7) is 1.66. The molecule has 0 amide bonds. The Balaban J connectivity index is 2.44. The number of nitrogens with one attached hydrogen (secondary N) is 2. The second-order valence-corrected chi connectivity index (χ2v) is 5.33. The maximum atomic E-state index is 12.1. The van der Waals surface area contributed by atoms with Crippen LogP contribution in [0, 0.1) is 18.3 Å². The first-order chi connectivity index (χ1) is 8.95. The second kappa shape index (κ2) is 4.58. The SMILES string of the molecule is Cc1[nH]nc(NS(=O)(=O)c2cccnc2C#N)c1N. The van der Waals surface area contributed by atoms with Gasteiger partial charge in [0.1, 0.15) is 11.0 Å². The third-order valence-corrected chi connectivity index (χ3v) is 3.76. The Morgan fingerprint density at radius 3 is 2.84 bits per heavy atom. The van der Waals surface area contributed by atoms with Crippen LogP contribution in [0.5, 0.6) is 0 Å². The largest absolute Gasteiger partial charge is 0.394 e. The van der Waals surface area contributed by atoms with Crippen molar-refractivity contribution in [1.82, 2.24) is 15.2 Å². The molecule has 0 aliphatic rings. The van der Waals surface area contributed by atoms with Gasteiger partial charge < -0.3 is 5.73 Å². The molecule has 0 spiro atoms. The molecule has 0 radical (unpaired) electrons. The van der Waals surface area contributed by atoms with E-state index >= 15 is 0 Å². The van der Waals surface area contributed by atoms with Crippen molar-refractivity contribution in [3.8, 4) is 6.07 Å². The highest BCUT2D eigenvalue weighted by Gasteiger charge is 2.21. The van der Waals surface area contributed by atoms with Crippen LogP contribution in [0.1, 0.15) is 11.4 Å². The number of rotatable bonds is 3. The molecule has 2 aromatic rings. The van der Waals surface area contributed by atoms with E-state index in [2.05, 4.69) is 19.9 Å². The summed E-state index contributed by atoms with van der Waals surface area (Å²) in [5.41, 5.74) is 6.21. The highest BCUT2D eigenvalue weighted by molar-refractivity contribution is 7.92. The van der Waals surface area contributed by atoms with E-state index in [1.807, 2.05) is 0 Å². The summed E-state index contributed by atoms with van der Waals surface area (Å²) >= 11 is 0. The van der Waals surface area contributed by atoms with E-state index in [1.165, 1.54) is 18.3 Å². The molecule has 0 atom stereocenters. The monoisotopic (exact) mass is 278 g/mol. The maximum absolute atomic E-state index is 12.1. The van der Waals surface area contributed by atoms with Gasteiger partial charge in [-0.1, -0.05) is 0 Å². The number of anilines is 2. The fourth-order valence-electron chi connectivity index (χ4n) is 1.39. The highest BCUT2D eigenvalue weighted by atomic mass is 32.2. The van der Waals surface area contributed by atoms with Gasteiger partial charge in [0.25, 0.3) is 10.0 Å². The van der Waals surface area contributed by atoms with Gasteiger partial charge >= 0.3 is 0 Å². The first kappa shape index (κ1) is 12.8. The lowest BCUT2D eigenvalue weighted by atomic mass is 10.4. The highest BCUT2D eigenvalue weighted by Crippen LogP contribution is 2.22. The molecule has 0 saturated carbocycles. The summed E-state index contributed by atoms with van der Waals surface area (Å²) in [6.07, 6.45) is 1.34. The van der Waals surface area contributed by atoms with E-state index in [1.54, 1.807) is 13.0 Å². The van der Waals surface area contributed by atoms with Gasteiger partial charge in [0, 0.05) is 6.20 Å². The Hall–Kier alpha value is -2.60. The molecule has 0 saturated heterocycles. The van der Waals surface area contributed by atoms with Crippen molar-refractivity contribution in [3.63, 3.8) is 0 Å². The van der Waals surface area contributed by atoms with E-state index < -0.39 is 10.0 Å². The fourth-order valence-corrected chi connectivity index (χ4v) is 2.52. The molecule has 98 valence electrons. The number of H-pyrrole nitrogens is 1. The van der Waals surface area contributed by atoms with Gasteiger partial charge in [-0.25, -0.2) is 13.4 Å². The number of nitriles is 1. The Morgan fingerprint density at radius 2 is 2.26 bits per heavy atom. The summed E-state index contributed by atoms with van der Waals surface area (Å²) in [5, 5.41) is 15.2.